The number of anilines is 2. The fraction of sp³-hybridized carbons (Fsp3) is 0.200. The van der Waals surface area contributed by atoms with Crippen molar-refractivity contribution in [3.8, 4) is 0 Å². The van der Waals surface area contributed by atoms with Crippen molar-refractivity contribution in [2.75, 3.05) is 22.8 Å². The van der Waals surface area contributed by atoms with Crippen molar-refractivity contribution in [1.29, 1.82) is 0 Å². The number of hydrogen-bond acceptors (Lipinski definition) is 5. The number of rotatable bonds is 7. The minimum atomic E-state index is -3.79. The first-order valence-corrected chi connectivity index (χ1v) is 11.0. The van der Waals surface area contributed by atoms with Gasteiger partial charge in [0.15, 0.2) is 5.13 Å². The molecule has 0 saturated heterocycles. The van der Waals surface area contributed by atoms with Gasteiger partial charge in [0, 0.05) is 31.6 Å². The summed E-state index contributed by atoms with van der Waals surface area (Å²) in [4.78, 5) is 18.3. The van der Waals surface area contributed by atoms with Gasteiger partial charge in [-0.3, -0.25) is 14.0 Å². The molecule has 8 heteroatoms. The second-order valence-electron chi connectivity index (χ2n) is 6.24. The molecular formula is C20H21N3O3S2. The molecule has 0 aliphatic rings. The van der Waals surface area contributed by atoms with Gasteiger partial charge < -0.3 is 0 Å². The van der Waals surface area contributed by atoms with Gasteiger partial charge in [-0.25, -0.2) is 13.4 Å². The Labute approximate surface area is 169 Å². The topological polar surface area (TPSA) is 70.6 Å². The lowest BCUT2D eigenvalue weighted by atomic mass is 10.2. The zero-order valence-corrected chi connectivity index (χ0v) is 17.3. The van der Waals surface area contributed by atoms with Gasteiger partial charge in [-0.05, 0) is 31.2 Å². The van der Waals surface area contributed by atoms with Crippen molar-refractivity contribution in [3.63, 3.8) is 0 Å². The van der Waals surface area contributed by atoms with Crippen molar-refractivity contribution in [2.45, 2.75) is 18.2 Å². The molecule has 0 fully saturated rings. The maximum absolute atomic E-state index is 13.2. The molecule has 3 aromatic rings. The summed E-state index contributed by atoms with van der Waals surface area (Å²) in [6, 6.07) is 15.5. The lowest BCUT2D eigenvalue weighted by Crippen LogP contribution is -2.36. The molecule has 0 radical (unpaired) electrons. The van der Waals surface area contributed by atoms with Crippen molar-refractivity contribution in [3.05, 3.63) is 71.7 Å². The van der Waals surface area contributed by atoms with Gasteiger partial charge in [0.05, 0.1) is 10.6 Å². The minimum absolute atomic E-state index is 0.0365. The van der Waals surface area contributed by atoms with E-state index in [1.165, 1.54) is 20.5 Å². The maximum Gasteiger partial charge on any atom is 0.264 e. The smallest absolute Gasteiger partial charge is 0.264 e. The van der Waals surface area contributed by atoms with E-state index in [1.807, 2.05) is 19.1 Å². The van der Waals surface area contributed by atoms with E-state index < -0.39 is 10.0 Å². The summed E-state index contributed by atoms with van der Waals surface area (Å²) < 4.78 is 27.7. The van der Waals surface area contributed by atoms with Crippen LogP contribution in [0.2, 0.25) is 0 Å². The molecule has 0 atom stereocenters. The number of thiazole rings is 1. The molecular weight excluding hydrogens is 394 g/mol. The first kappa shape index (κ1) is 20.0. The standard InChI is InChI=1S/C20H21N3O3S2/c1-16-8-10-17(11-9-16)23(28(25,26)18-6-4-3-5-7-18)14-12-19(24)22(2)20-21-13-15-27-20/h3-11,13,15H,12,14H2,1-2H3. The van der Waals surface area contributed by atoms with Crippen molar-refractivity contribution in [1.82, 2.24) is 4.98 Å². The number of benzene rings is 2. The monoisotopic (exact) mass is 415 g/mol. The quantitative estimate of drug-likeness (QED) is 0.590. The molecule has 0 N–H and O–H groups in total. The van der Waals surface area contributed by atoms with Gasteiger partial charge in [0.1, 0.15) is 0 Å². The van der Waals surface area contributed by atoms with E-state index in [0.717, 1.165) is 5.56 Å². The Balaban J connectivity index is 1.87. The van der Waals surface area contributed by atoms with E-state index in [4.69, 9.17) is 0 Å². The second-order valence-corrected chi connectivity index (χ2v) is 8.98. The second kappa shape index (κ2) is 8.53. The number of hydrogen-bond donors (Lipinski definition) is 0. The number of carbonyl (C=O) groups is 1. The Kier molecular flexibility index (Phi) is 6.11. The molecule has 3 rings (SSSR count). The van der Waals surface area contributed by atoms with Crippen LogP contribution in [0, 0.1) is 6.92 Å². The lowest BCUT2D eigenvalue weighted by Gasteiger charge is -2.25. The van der Waals surface area contributed by atoms with Crippen molar-refractivity contribution >= 4 is 38.1 Å². The van der Waals surface area contributed by atoms with Gasteiger partial charge in [-0.1, -0.05) is 35.9 Å². The Morgan fingerprint density at radius 1 is 1.07 bits per heavy atom. The number of aromatic nitrogens is 1. The van der Waals surface area contributed by atoms with Crippen LogP contribution in [0.15, 0.2) is 71.1 Å². The minimum Gasteiger partial charge on any atom is -0.291 e. The predicted molar refractivity (Wildman–Crippen MR) is 112 cm³/mol. The summed E-state index contributed by atoms with van der Waals surface area (Å²) in [7, 11) is -2.15. The summed E-state index contributed by atoms with van der Waals surface area (Å²) in [5.41, 5.74) is 1.56. The molecule has 0 aliphatic heterocycles. The summed E-state index contributed by atoms with van der Waals surface area (Å²) in [5, 5.41) is 2.37. The molecule has 0 spiro atoms. The average Bonchev–Trinajstić information content (AvgIpc) is 3.24. The van der Waals surface area contributed by atoms with Gasteiger partial charge in [-0.2, -0.15) is 0 Å². The van der Waals surface area contributed by atoms with Crippen LogP contribution in [0.5, 0.6) is 0 Å². The molecule has 1 aromatic heterocycles. The van der Waals surface area contributed by atoms with Crippen LogP contribution in [0.25, 0.3) is 0 Å². The van der Waals surface area contributed by atoms with Gasteiger partial charge >= 0.3 is 0 Å². The number of carbonyl (C=O) groups excluding carboxylic acids is 1. The zero-order valence-electron chi connectivity index (χ0n) is 15.6. The molecule has 0 saturated carbocycles. The van der Waals surface area contributed by atoms with Crippen molar-refractivity contribution in [2.24, 2.45) is 0 Å². The van der Waals surface area contributed by atoms with Crippen LogP contribution in [0.1, 0.15) is 12.0 Å². The number of aryl methyl sites for hydroxylation is 1. The molecule has 2 aromatic carbocycles. The highest BCUT2D eigenvalue weighted by atomic mass is 32.2. The van der Waals surface area contributed by atoms with E-state index in [1.54, 1.807) is 61.1 Å². The van der Waals surface area contributed by atoms with Crippen LogP contribution < -0.4 is 9.21 Å². The fourth-order valence-corrected chi connectivity index (χ4v) is 4.78. The summed E-state index contributed by atoms with van der Waals surface area (Å²) in [6.45, 7) is 1.97. The van der Waals surface area contributed by atoms with Gasteiger partial charge in [0.2, 0.25) is 5.91 Å². The Hall–Kier alpha value is -2.71. The zero-order chi connectivity index (χ0) is 20.1. The third-order valence-electron chi connectivity index (χ3n) is 4.26. The Bertz CT molecular complexity index is 1020. The molecule has 0 aliphatic carbocycles. The summed E-state index contributed by atoms with van der Waals surface area (Å²) >= 11 is 1.36. The molecule has 146 valence electrons. The third-order valence-corrected chi connectivity index (χ3v) is 6.95. The number of amides is 1. The maximum atomic E-state index is 13.2. The highest BCUT2D eigenvalue weighted by Crippen LogP contribution is 2.25. The normalized spacial score (nSPS) is 11.2. The summed E-state index contributed by atoms with van der Waals surface area (Å²) in [6.07, 6.45) is 1.66. The number of nitrogens with zero attached hydrogens (tertiary/aromatic N) is 3. The van der Waals surface area contributed by atoms with E-state index in [2.05, 4.69) is 4.98 Å². The molecule has 6 nitrogen and oxygen atoms in total. The van der Waals surface area contributed by atoms with Gasteiger partial charge in [-0.15, -0.1) is 11.3 Å². The van der Waals surface area contributed by atoms with Gasteiger partial charge in [0.25, 0.3) is 10.0 Å². The molecule has 28 heavy (non-hydrogen) atoms. The average molecular weight is 416 g/mol. The highest BCUT2D eigenvalue weighted by Gasteiger charge is 2.26. The SMILES string of the molecule is Cc1ccc(N(CCC(=O)N(C)c2nccs2)S(=O)(=O)c2ccccc2)cc1. The van der Waals surface area contributed by atoms with E-state index >= 15 is 0 Å². The van der Waals surface area contributed by atoms with E-state index in [-0.39, 0.29) is 23.8 Å². The predicted octanol–water partition coefficient (Wildman–Crippen LogP) is 3.70. The molecule has 1 heterocycles. The Morgan fingerprint density at radius 3 is 2.36 bits per heavy atom. The van der Waals surface area contributed by atoms with Crippen LogP contribution in [-0.2, 0) is 14.8 Å². The number of sulfonamides is 1. The molecule has 0 unspecified atom stereocenters. The highest BCUT2D eigenvalue weighted by molar-refractivity contribution is 7.92. The van der Waals surface area contributed by atoms with E-state index in [9.17, 15) is 13.2 Å². The summed E-state index contributed by atoms with van der Waals surface area (Å²) in [5.74, 6) is -0.199. The first-order valence-electron chi connectivity index (χ1n) is 8.70. The van der Waals surface area contributed by atoms with Crippen molar-refractivity contribution < 1.29 is 13.2 Å². The van der Waals surface area contributed by atoms with Crippen LogP contribution in [0.4, 0.5) is 10.8 Å². The lowest BCUT2D eigenvalue weighted by molar-refractivity contribution is -0.118. The Morgan fingerprint density at radius 2 is 1.75 bits per heavy atom. The van der Waals surface area contributed by atoms with E-state index in [0.29, 0.717) is 10.8 Å². The molecule has 0 bridgehead atoms. The first-order chi connectivity index (χ1) is 13.4. The molecule has 1 amide bonds. The van der Waals surface area contributed by atoms with Crippen LogP contribution in [0.3, 0.4) is 0 Å². The fourth-order valence-electron chi connectivity index (χ4n) is 2.67. The third kappa shape index (κ3) is 4.40. The van der Waals surface area contributed by atoms with Crippen LogP contribution >= 0.6 is 11.3 Å². The van der Waals surface area contributed by atoms with Crippen LogP contribution in [-0.4, -0.2) is 32.9 Å². The largest absolute Gasteiger partial charge is 0.291 e.